The predicted molar refractivity (Wildman–Crippen MR) is 53.8 cm³/mol. The highest BCUT2D eigenvalue weighted by molar-refractivity contribution is 5.29. The van der Waals surface area contributed by atoms with Gasteiger partial charge >= 0.3 is 6.18 Å². The Balaban J connectivity index is 2.32. The van der Waals surface area contributed by atoms with Crippen molar-refractivity contribution in [3.63, 3.8) is 0 Å². The third-order valence-corrected chi connectivity index (χ3v) is 2.84. The van der Waals surface area contributed by atoms with E-state index in [-0.39, 0.29) is 11.6 Å². The molecule has 0 aromatic carbocycles. The van der Waals surface area contributed by atoms with Crippen molar-refractivity contribution in [3.8, 4) is 0 Å². The Bertz CT molecular complexity index is 356. The summed E-state index contributed by atoms with van der Waals surface area (Å²) in [5.74, 6) is 0. The van der Waals surface area contributed by atoms with E-state index in [1.165, 1.54) is 12.4 Å². The molecule has 2 heterocycles. The molecule has 88 valence electrons. The summed E-state index contributed by atoms with van der Waals surface area (Å²) in [6.45, 7) is 0.775. The zero-order valence-electron chi connectivity index (χ0n) is 8.72. The predicted octanol–water partition coefficient (Wildman–Crippen LogP) is 2.92. The highest BCUT2D eigenvalue weighted by Gasteiger charge is 2.35. The monoisotopic (exact) mass is 230 g/mol. The lowest BCUT2D eigenvalue weighted by Crippen LogP contribution is -2.28. The lowest BCUT2D eigenvalue weighted by molar-refractivity contribution is -0.138. The molecular weight excluding hydrogens is 217 g/mol. The molecule has 2 nitrogen and oxygen atoms in total. The molecule has 16 heavy (non-hydrogen) atoms. The summed E-state index contributed by atoms with van der Waals surface area (Å²) in [7, 11) is 0. The second-order valence-electron chi connectivity index (χ2n) is 3.96. The van der Waals surface area contributed by atoms with Gasteiger partial charge in [-0.05, 0) is 31.0 Å². The van der Waals surface area contributed by atoms with Crippen LogP contribution in [0.4, 0.5) is 13.2 Å². The van der Waals surface area contributed by atoms with Gasteiger partial charge in [-0.2, -0.15) is 13.2 Å². The third-order valence-electron chi connectivity index (χ3n) is 2.84. The third kappa shape index (κ3) is 2.35. The molecule has 0 radical (unpaired) electrons. The van der Waals surface area contributed by atoms with Crippen LogP contribution in [0.3, 0.4) is 0 Å². The summed E-state index contributed by atoms with van der Waals surface area (Å²) < 4.78 is 38.2. The van der Waals surface area contributed by atoms with Gasteiger partial charge < -0.3 is 5.32 Å². The number of piperidine rings is 1. The number of nitrogens with one attached hydrogen (secondary N) is 1. The van der Waals surface area contributed by atoms with Crippen molar-refractivity contribution in [1.29, 1.82) is 0 Å². The molecule has 1 aromatic heterocycles. The minimum absolute atomic E-state index is 0.209. The number of nitrogens with zero attached hydrogens (tertiary/aromatic N) is 1. The summed E-state index contributed by atoms with van der Waals surface area (Å²) >= 11 is 0. The van der Waals surface area contributed by atoms with Crippen molar-refractivity contribution in [2.24, 2.45) is 0 Å². The first kappa shape index (κ1) is 11.4. The first-order chi connectivity index (χ1) is 7.59. The van der Waals surface area contributed by atoms with E-state index in [2.05, 4.69) is 10.3 Å². The largest absolute Gasteiger partial charge is 0.416 e. The average Bonchev–Trinajstić information content (AvgIpc) is 2.29. The van der Waals surface area contributed by atoms with E-state index in [1.54, 1.807) is 0 Å². The Morgan fingerprint density at radius 1 is 1.31 bits per heavy atom. The minimum atomic E-state index is -4.29. The van der Waals surface area contributed by atoms with E-state index >= 15 is 0 Å². The Morgan fingerprint density at radius 2 is 2.12 bits per heavy atom. The van der Waals surface area contributed by atoms with Crippen LogP contribution in [0.1, 0.15) is 36.4 Å². The van der Waals surface area contributed by atoms with Crippen LogP contribution in [0.2, 0.25) is 0 Å². The van der Waals surface area contributed by atoms with Crippen molar-refractivity contribution < 1.29 is 13.2 Å². The average molecular weight is 230 g/mol. The van der Waals surface area contributed by atoms with E-state index in [1.807, 2.05) is 0 Å². The number of pyridine rings is 1. The molecule has 1 saturated heterocycles. The standard InChI is InChI=1S/C11H13F3N2/c12-11(13,14)9-4-6-15-7-8(9)10-3-1-2-5-16-10/h4,6-7,10,16H,1-3,5H2. The topological polar surface area (TPSA) is 24.9 Å². The van der Waals surface area contributed by atoms with Crippen molar-refractivity contribution in [2.45, 2.75) is 31.5 Å². The van der Waals surface area contributed by atoms with E-state index in [0.717, 1.165) is 31.9 Å². The second-order valence-corrected chi connectivity index (χ2v) is 3.96. The Labute approximate surface area is 91.9 Å². The van der Waals surface area contributed by atoms with Crippen LogP contribution in [0, 0.1) is 0 Å². The molecule has 0 bridgehead atoms. The SMILES string of the molecule is FC(F)(F)c1ccncc1C1CCCCN1. The highest BCUT2D eigenvalue weighted by atomic mass is 19.4. The highest BCUT2D eigenvalue weighted by Crippen LogP contribution is 2.35. The quantitative estimate of drug-likeness (QED) is 0.802. The first-order valence-corrected chi connectivity index (χ1v) is 5.33. The maximum atomic E-state index is 12.7. The van der Waals surface area contributed by atoms with E-state index in [4.69, 9.17) is 0 Å². The van der Waals surface area contributed by atoms with Gasteiger partial charge in [0.25, 0.3) is 0 Å². The minimum Gasteiger partial charge on any atom is -0.310 e. The molecule has 1 aliphatic rings. The van der Waals surface area contributed by atoms with Gasteiger partial charge in [0.1, 0.15) is 0 Å². The molecule has 1 atom stereocenters. The smallest absolute Gasteiger partial charge is 0.310 e. The van der Waals surface area contributed by atoms with E-state index in [0.29, 0.717) is 0 Å². The van der Waals surface area contributed by atoms with Gasteiger partial charge in [0, 0.05) is 18.4 Å². The van der Waals surface area contributed by atoms with E-state index in [9.17, 15) is 13.2 Å². The van der Waals surface area contributed by atoms with Gasteiger partial charge in [-0.25, -0.2) is 0 Å². The van der Waals surface area contributed by atoms with Gasteiger partial charge in [0.05, 0.1) is 5.56 Å². The molecule has 0 spiro atoms. The number of hydrogen-bond acceptors (Lipinski definition) is 2. The van der Waals surface area contributed by atoms with Crippen molar-refractivity contribution in [3.05, 3.63) is 29.6 Å². The number of hydrogen-bond donors (Lipinski definition) is 1. The summed E-state index contributed by atoms with van der Waals surface area (Å²) in [4.78, 5) is 3.79. The maximum absolute atomic E-state index is 12.7. The van der Waals surface area contributed by atoms with Crippen molar-refractivity contribution in [1.82, 2.24) is 10.3 Å². The number of rotatable bonds is 1. The molecule has 0 aliphatic carbocycles. The zero-order chi connectivity index (χ0) is 11.6. The van der Waals surface area contributed by atoms with Gasteiger partial charge in [-0.3, -0.25) is 4.98 Å². The molecule has 1 fully saturated rings. The Morgan fingerprint density at radius 3 is 2.75 bits per heavy atom. The van der Waals surface area contributed by atoms with Gasteiger partial charge in [-0.1, -0.05) is 6.42 Å². The molecule has 5 heteroatoms. The summed E-state index contributed by atoms with van der Waals surface area (Å²) in [6, 6.07) is 0.838. The normalized spacial score (nSPS) is 22.1. The van der Waals surface area contributed by atoms with Crippen LogP contribution < -0.4 is 5.32 Å². The molecule has 1 N–H and O–H groups in total. The van der Waals surface area contributed by atoms with Crippen LogP contribution in [-0.4, -0.2) is 11.5 Å². The van der Waals surface area contributed by atoms with Crippen LogP contribution in [0.15, 0.2) is 18.5 Å². The maximum Gasteiger partial charge on any atom is 0.416 e. The van der Waals surface area contributed by atoms with Crippen LogP contribution in [0.5, 0.6) is 0 Å². The fraction of sp³-hybridized carbons (Fsp3) is 0.545. The lowest BCUT2D eigenvalue weighted by atomic mass is 9.95. The fourth-order valence-corrected chi connectivity index (χ4v) is 2.06. The van der Waals surface area contributed by atoms with Gasteiger partial charge in [0.15, 0.2) is 0 Å². The molecule has 0 amide bonds. The fourth-order valence-electron chi connectivity index (χ4n) is 2.06. The van der Waals surface area contributed by atoms with Gasteiger partial charge in [-0.15, -0.1) is 0 Å². The molecule has 0 saturated carbocycles. The van der Waals surface area contributed by atoms with Gasteiger partial charge in [0.2, 0.25) is 0 Å². The molecule has 1 unspecified atom stereocenters. The molecule has 1 aromatic rings. The molecular formula is C11H13F3N2. The summed E-state index contributed by atoms with van der Waals surface area (Å²) in [5, 5.41) is 3.11. The van der Waals surface area contributed by atoms with Crippen molar-refractivity contribution >= 4 is 0 Å². The molecule has 2 rings (SSSR count). The summed E-state index contributed by atoms with van der Waals surface area (Å²) in [5.41, 5.74) is -0.295. The second kappa shape index (κ2) is 4.41. The van der Waals surface area contributed by atoms with Crippen LogP contribution in [0.25, 0.3) is 0 Å². The van der Waals surface area contributed by atoms with Crippen molar-refractivity contribution in [2.75, 3.05) is 6.54 Å². The first-order valence-electron chi connectivity index (χ1n) is 5.33. The molecule has 1 aliphatic heterocycles. The summed E-state index contributed by atoms with van der Waals surface area (Å²) in [6.07, 6.45) is 0.953. The number of halogens is 3. The zero-order valence-corrected chi connectivity index (χ0v) is 8.72. The van der Waals surface area contributed by atoms with Crippen LogP contribution >= 0.6 is 0 Å². The Hall–Kier alpha value is -1.10. The number of aromatic nitrogens is 1. The number of alkyl halides is 3. The van der Waals surface area contributed by atoms with Crippen LogP contribution in [-0.2, 0) is 6.18 Å². The lowest BCUT2D eigenvalue weighted by Gasteiger charge is -2.26. The van der Waals surface area contributed by atoms with E-state index < -0.39 is 11.7 Å². The Kier molecular flexibility index (Phi) is 3.14.